The zero-order valence-corrected chi connectivity index (χ0v) is 12.0. The average Bonchev–Trinajstić information content (AvgIpc) is 3.04. The van der Waals surface area contributed by atoms with Gasteiger partial charge in [-0.1, -0.05) is 30.3 Å². The Morgan fingerprint density at radius 3 is 2.82 bits per heavy atom. The summed E-state index contributed by atoms with van der Waals surface area (Å²) in [5.41, 5.74) is 5.18. The van der Waals surface area contributed by atoms with Crippen molar-refractivity contribution in [2.45, 2.75) is 25.7 Å². The molecule has 0 saturated heterocycles. The normalized spacial score (nSPS) is 16.7. The maximum Gasteiger partial charge on any atom is 0.289 e. The number of nitrogens with zero attached hydrogens (tertiary/aromatic N) is 2. The minimum absolute atomic E-state index is 0.173. The first kappa shape index (κ1) is 14.2. The average molecular weight is 296 g/mol. The lowest BCUT2D eigenvalue weighted by Gasteiger charge is -2.11. The topological polar surface area (TPSA) is 87.2 Å². The zero-order chi connectivity index (χ0) is 15.4. The molecule has 112 valence electrons. The van der Waals surface area contributed by atoms with Gasteiger partial charge in [-0.2, -0.15) is 10.2 Å². The smallest absolute Gasteiger partial charge is 0.289 e. The lowest BCUT2D eigenvalue weighted by atomic mass is 9.97. The molecular weight excluding hydrogens is 280 g/mol. The highest BCUT2D eigenvalue weighted by Gasteiger charge is 2.15. The van der Waals surface area contributed by atoms with Gasteiger partial charge in [0.05, 0.1) is 5.69 Å². The largest absolute Gasteiger partial charge is 0.299 e. The van der Waals surface area contributed by atoms with Crippen LogP contribution >= 0.6 is 0 Å². The van der Waals surface area contributed by atoms with Crippen LogP contribution in [0.3, 0.4) is 0 Å². The number of ketones is 1. The van der Waals surface area contributed by atoms with Crippen molar-refractivity contribution in [1.29, 1.82) is 0 Å². The lowest BCUT2D eigenvalue weighted by Crippen LogP contribution is -2.23. The number of aromatic nitrogens is 2. The van der Waals surface area contributed by atoms with Crippen LogP contribution in [0, 0.1) is 0 Å². The van der Waals surface area contributed by atoms with E-state index in [1.54, 1.807) is 6.07 Å². The molecule has 2 N–H and O–H groups in total. The van der Waals surface area contributed by atoms with Crippen molar-refractivity contribution in [2.24, 2.45) is 5.10 Å². The van der Waals surface area contributed by atoms with Crippen LogP contribution in [0.1, 0.15) is 36.2 Å². The second-order valence-electron chi connectivity index (χ2n) is 5.22. The SMILES string of the molecule is O=C1CCCC(=NNC(=O)c2cc(-c3ccccc3)n[nH]2)C1. The Balaban J connectivity index is 1.67. The van der Waals surface area contributed by atoms with Gasteiger partial charge in [0.15, 0.2) is 0 Å². The third kappa shape index (κ3) is 3.28. The maximum atomic E-state index is 12.0. The van der Waals surface area contributed by atoms with Gasteiger partial charge in [0.25, 0.3) is 5.91 Å². The Morgan fingerprint density at radius 1 is 1.23 bits per heavy atom. The van der Waals surface area contributed by atoms with Gasteiger partial charge in [-0.25, -0.2) is 5.43 Å². The van der Waals surface area contributed by atoms with Gasteiger partial charge in [-0.15, -0.1) is 0 Å². The van der Waals surface area contributed by atoms with Crippen LogP contribution in [0.5, 0.6) is 0 Å². The Morgan fingerprint density at radius 2 is 2.05 bits per heavy atom. The van der Waals surface area contributed by atoms with Crippen LogP contribution in [-0.4, -0.2) is 27.6 Å². The highest BCUT2D eigenvalue weighted by molar-refractivity contribution is 6.04. The standard InChI is InChI=1S/C16H16N4O2/c21-13-8-4-7-12(9-13)17-20-16(22)15-10-14(18-19-15)11-5-2-1-3-6-11/h1-3,5-6,10H,4,7-9H2,(H,18,19)(H,20,22). The number of hydrogen-bond acceptors (Lipinski definition) is 4. The van der Waals surface area contributed by atoms with Crippen molar-refractivity contribution in [3.63, 3.8) is 0 Å². The molecular formula is C16H16N4O2. The van der Waals surface area contributed by atoms with E-state index in [-0.39, 0.29) is 11.7 Å². The fraction of sp³-hybridized carbons (Fsp3) is 0.250. The molecule has 0 atom stereocenters. The molecule has 0 spiro atoms. The van der Waals surface area contributed by atoms with Crippen LogP contribution in [0.25, 0.3) is 11.3 Å². The summed E-state index contributed by atoms with van der Waals surface area (Å²) in [5, 5.41) is 10.9. The van der Waals surface area contributed by atoms with Crippen molar-refractivity contribution < 1.29 is 9.59 Å². The van der Waals surface area contributed by atoms with E-state index in [9.17, 15) is 9.59 Å². The van der Waals surface area contributed by atoms with E-state index >= 15 is 0 Å². The van der Waals surface area contributed by atoms with E-state index in [0.29, 0.717) is 24.2 Å². The molecule has 1 aromatic heterocycles. The van der Waals surface area contributed by atoms with E-state index in [0.717, 1.165) is 24.1 Å². The number of Topliss-reactive ketones (excluding diaryl/α,β-unsaturated/α-hetero) is 1. The number of H-pyrrole nitrogens is 1. The fourth-order valence-corrected chi connectivity index (χ4v) is 2.37. The Kier molecular flexibility index (Phi) is 4.09. The highest BCUT2D eigenvalue weighted by atomic mass is 16.2. The van der Waals surface area contributed by atoms with E-state index in [1.165, 1.54) is 0 Å². The number of carbonyl (C=O) groups is 2. The molecule has 1 amide bonds. The molecule has 2 aromatic rings. The van der Waals surface area contributed by atoms with Crippen molar-refractivity contribution in [1.82, 2.24) is 15.6 Å². The van der Waals surface area contributed by atoms with Gasteiger partial charge in [-0.05, 0) is 18.9 Å². The van der Waals surface area contributed by atoms with E-state index < -0.39 is 0 Å². The van der Waals surface area contributed by atoms with Crippen molar-refractivity contribution >= 4 is 17.4 Å². The van der Waals surface area contributed by atoms with Crippen molar-refractivity contribution in [2.75, 3.05) is 0 Å². The quantitative estimate of drug-likeness (QED) is 0.852. The summed E-state index contributed by atoms with van der Waals surface area (Å²) >= 11 is 0. The number of nitrogens with one attached hydrogen (secondary N) is 2. The number of aromatic amines is 1. The van der Waals surface area contributed by atoms with E-state index in [1.807, 2.05) is 30.3 Å². The fourth-order valence-electron chi connectivity index (χ4n) is 2.37. The van der Waals surface area contributed by atoms with Gasteiger partial charge in [-0.3, -0.25) is 14.7 Å². The van der Waals surface area contributed by atoms with Gasteiger partial charge >= 0.3 is 0 Å². The Bertz CT molecular complexity index is 719. The first-order valence-corrected chi connectivity index (χ1v) is 7.20. The second kappa shape index (κ2) is 6.34. The van der Waals surface area contributed by atoms with Crippen LogP contribution in [0.15, 0.2) is 41.5 Å². The monoisotopic (exact) mass is 296 g/mol. The first-order valence-electron chi connectivity index (χ1n) is 7.20. The number of rotatable bonds is 3. The molecule has 1 aromatic carbocycles. The number of hydrogen-bond donors (Lipinski definition) is 2. The molecule has 1 aliphatic carbocycles. The molecule has 1 saturated carbocycles. The molecule has 6 heteroatoms. The summed E-state index contributed by atoms with van der Waals surface area (Å²) in [6.45, 7) is 0. The number of carbonyl (C=O) groups excluding carboxylic acids is 2. The molecule has 6 nitrogen and oxygen atoms in total. The minimum atomic E-state index is -0.361. The predicted octanol–water partition coefficient (Wildman–Crippen LogP) is 2.31. The summed E-state index contributed by atoms with van der Waals surface area (Å²) in [5.74, 6) is -0.188. The Hall–Kier alpha value is -2.76. The van der Waals surface area contributed by atoms with E-state index in [4.69, 9.17) is 0 Å². The zero-order valence-electron chi connectivity index (χ0n) is 12.0. The molecule has 22 heavy (non-hydrogen) atoms. The van der Waals surface area contributed by atoms with Crippen molar-refractivity contribution in [3.8, 4) is 11.3 Å². The molecule has 1 fully saturated rings. The number of amides is 1. The van der Waals surface area contributed by atoms with Gasteiger partial charge < -0.3 is 0 Å². The van der Waals surface area contributed by atoms with Crippen LogP contribution in [-0.2, 0) is 4.79 Å². The molecule has 1 aliphatic rings. The summed E-state index contributed by atoms with van der Waals surface area (Å²) in [7, 11) is 0. The molecule has 0 bridgehead atoms. The molecule has 0 radical (unpaired) electrons. The van der Waals surface area contributed by atoms with Gasteiger partial charge in [0.2, 0.25) is 0 Å². The predicted molar refractivity (Wildman–Crippen MR) is 82.4 cm³/mol. The van der Waals surface area contributed by atoms with Crippen LogP contribution < -0.4 is 5.43 Å². The number of hydrazone groups is 1. The summed E-state index contributed by atoms with van der Waals surface area (Å²) in [6, 6.07) is 11.3. The number of benzene rings is 1. The molecule has 1 heterocycles. The highest BCUT2D eigenvalue weighted by Crippen LogP contribution is 2.17. The van der Waals surface area contributed by atoms with Crippen molar-refractivity contribution in [3.05, 3.63) is 42.1 Å². The molecule has 3 rings (SSSR count). The minimum Gasteiger partial charge on any atom is -0.299 e. The van der Waals surface area contributed by atoms with Crippen LogP contribution in [0.2, 0.25) is 0 Å². The van der Waals surface area contributed by atoms with E-state index in [2.05, 4.69) is 20.7 Å². The third-order valence-corrected chi connectivity index (χ3v) is 3.53. The third-order valence-electron chi connectivity index (χ3n) is 3.53. The molecule has 0 unspecified atom stereocenters. The maximum absolute atomic E-state index is 12.0. The lowest BCUT2D eigenvalue weighted by molar-refractivity contribution is -0.118. The summed E-state index contributed by atoms with van der Waals surface area (Å²) in [6.07, 6.45) is 2.49. The molecule has 0 aliphatic heterocycles. The second-order valence-corrected chi connectivity index (χ2v) is 5.22. The first-order chi connectivity index (χ1) is 10.7. The Labute approximate surface area is 127 Å². The summed E-state index contributed by atoms with van der Waals surface area (Å²) in [4.78, 5) is 23.4. The summed E-state index contributed by atoms with van der Waals surface area (Å²) < 4.78 is 0. The van der Waals surface area contributed by atoms with Gasteiger partial charge in [0, 0.05) is 24.1 Å². The van der Waals surface area contributed by atoms with Crippen LogP contribution in [0.4, 0.5) is 0 Å². The van der Waals surface area contributed by atoms with Gasteiger partial charge in [0.1, 0.15) is 11.5 Å².